The van der Waals surface area contributed by atoms with Crippen LogP contribution in [-0.2, 0) is 23.9 Å². The van der Waals surface area contributed by atoms with E-state index in [9.17, 15) is 23.1 Å². The maximum atomic E-state index is 13.2. The molecule has 4 aromatic rings. The van der Waals surface area contributed by atoms with Crippen molar-refractivity contribution >= 4 is 28.6 Å². The van der Waals surface area contributed by atoms with Gasteiger partial charge in [0.05, 0.1) is 11.0 Å². The smallest absolute Gasteiger partial charge is 0.416 e. The summed E-state index contributed by atoms with van der Waals surface area (Å²) in [6.07, 6.45) is -4.14. The molecule has 7 heteroatoms. The zero-order valence-corrected chi connectivity index (χ0v) is 23.9. The Balaban J connectivity index is 1.95. The second-order valence-electron chi connectivity index (χ2n) is 11.3. The fraction of sp³-hybridized carbons (Fsp3) is 0.344. The number of carboxylic acid groups (broad SMARTS) is 1. The van der Waals surface area contributed by atoms with E-state index in [1.54, 1.807) is 25.6 Å². The number of carboxylic acids is 1. The molecule has 0 bridgehead atoms. The average Bonchev–Trinajstić information content (AvgIpc) is 3.09. The zero-order valence-electron chi connectivity index (χ0n) is 23.1. The summed E-state index contributed by atoms with van der Waals surface area (Å²) >= 11 is 1.62. The largest absolute Gasteiger partial charge is 0.481 e. The van der Waals surface area contributed by atoms with Crippen LogP contribution in [-0.4, -0.2) is 15.6 Å². The molecule has 4 rings (SSSR count). The van der Waals surface area contributed by atoms with Crippen LogP contribution in [0, 0.1) is 19.3 Å². The van der Waals surface area contributed by atoms with E-state index in [1.807, 2.05) is 0 Å². The number of fused-ring (bicyclic) bond motifs is 1. The Labute approximate surface area is 232 Å². The van der Waals surface area contributed by atoms with Crippen LogP contribution >= 0.6 is 11.8 Å². The first-order valence-corrected chi connectivity index (χ1v) is 13.8. The Kier molecular flexibility index (Phi) is 7.95. The lowest BCUT2D eigenvalue weighted by atomic mass is 9.88. The molecule has 0 atom stereocenters. The Bertz CT molecular complexity index is 1500. The summed E-state index contributed by atoms with van der Waals surface area (Å²) < 4.78 is 41.6. The monoisotopic (exact) mass is 553 g/mol. The summed E-state index contributed by atoms with van der Waals surface area (Å²) in [6, 6.07) is 17.9. The first-order chi connectivity index (χ1) is 18.2. The van der Waals surface area contributed by atoms with Gasteiger partial charge in [-0.25, -0.2) is 0 Å². The fourth-order valence-corrected chi connectivity index (χ4v) is 6.11. The molecule has 0 aliphatic heterocycles. The van der Waals surface area contributed by atoms with Crippen LogP contribution in [0.1, 0.15) is 67.1 Å². The highest BCUT2D eigenvalue weighted by Crippen LogP contribution is 2.43. The molecule has 1 N–H and O–H groups in total. The maximum Gasteiger partial charge on any atom is 0.416 e. The lowest BCUT2D eigenvalue weighted by Crippen LogP contribution is -2.27. The van der Waals surface area contributed by atoms with E-state index in [-0.39, 0.29) is 6.42 Å². The van der Waals surface area contributed by atoms with E-state index in [2.05, 4.69) is 68.7 Å². The van der Waals surface area contributed by atoms with Gasteiger partial charge < -0.3 is 9.67 Å². The normalized spacial score (nSPS) is 12.5. The number of aryl methyl sites for hydroxylation is 2. The molecule has 0 aliphatic carbocycles. The van der Waals surface area contributed by atoms with E-state index in [0.29, 0.717) is 18.0 Å². The van der Waals surface area contributed by atoms with Crippen molar-refractivity contribution in [3.63, 3.8) is 0 Å². The quantitative estimate of drug-likeness (QED) is 0.236. The van der Waals surface area contributed by atoms with Gasteiger partial charge in [0, 0.05) is 39.4 Å². The molecule has 0 radical (unpaired) electrons. The molecule has 0 unspecified atom stereocenters. The first-order valence-electron chi connectivity index (χ1n) is 13.0. The highest BCUT2D eigenvalue weighted by atomic mass is 32.2. The second-order valence-corrected chi connectivity index (χ2v) is 12.4. The van der Waals surface area contributed by atoms with Gasteiger partial charge in [0.15, 0.2) is 0 Å². The summed E-state index contributed by atoms with van der Waals surface area (Å²) in [6.45, 7) is 12.1. The molecule has 3 aromatic carbocycles. The van der Waals surface area contributed by atoms with Gasteiger partial charge in [-0.1, -0.05) is 49.9 Å². The number of alkyl halides is 3. The van der Waals surface area contributed by atoms with E-state index >= 15 is 0 Å². The highest BCUT2D eigenvalue weighted by Gasteiger charge is 2.32. The predicted molar refractivity (Wildman–Crippen MR) is 152 cm³/mol. The van der Waals surface area contributed by atoms with E-state index < -0.39 is 23.1 Å². The Morgan fingerprint density at radius 3 is 2.10 bits per heavy atom. The van der Waals surface area contributed by atoms with Gasteiger partial charge in [-0.15, -0.1) is 0 Å². The second kappa shape index (κ2) is 10.8. The molecular formula is C32H34F3NO2S. The average molecular weight is 554 g/mol. The van der Waals surface area contributed by atoms with Crippen LogP contribution in [0.25, 0.3) is 10.9 Å². The van der Waals surface area contributed by atoms with Gasteiger partial charge in [-0.3, -0.25) is 4.79 Å². The van der Waals surface area contributed by atoms with Crippen molar-refractivity contribution in [2.24, 2.45) is 5.41 Å². The van der Waals surface area contributed by atoms with Gasteiger partial charge in [0.2, 0.25) is 0 Å². The molecule has 1 heterocycles. The van der Waals surface area contributed by atoms with Crippen molar-refractivity contribution in [2.45, 2.75) is 76.4 Å². The van der Waals surface area contributed by atoms with Crippen LogP contribution in [0.15, 0.2) is 70.5 Å². The Morgan fingerprint density at radius 1 is 0.949 bits per heavy atom. The van der Waals surface area contributed by atoms with Crippen molar-refractivity contribution in [1.29, 1.82) is 0 Å². The van der Waals surface area contributed by atoms with Crippen LogP contribution in [0.4, 0.5) is 13.2 Å². The third-order valence-corrected chi connectivity index (χ3v) is 8.17. The van der Waals surface area contributed by atoms with Gasteiger partial charge in [0.1, 0.15) is 0 Å². The van der Waals surface area contributed by atoms with Crippen molar-refractivity contribution in [2.75, 3.05) is 0 Å². The summed E-state index contributed by atoms with van der Waals surface area (Å²) in [5.74, 6) is -0.607. The minimum Gasteiger partial charge on any atom is -0.481 e. The lowest BCUT2D eigenvalue weighted by Gasteiger charge is -2.22. The molecule has 0 fully saturated rings. The number of benzene rings is 3. The lowest BCUT2D eigenvalue weighted by molar-refractivity contribution is -0.147. The summed E-state index contributed by atoms with van der Waals surface area (Å²) in [5, 5.41) is 11.0. The third-order valence-electron chi connectivity index (χ3n) is 7.04. The predicted octanol–water partition coefficient (Wildman–Crippen LogP) is 9.25. The van der Waals surface area contributed by atoms with Crippen LogP contribution in [0.2, 0.25) is 0 Å². The standard InChI is InChI=1S/C32H34F3NO2S/c1-19(2)23-9-12-27-26(16-23)29(39-25-14-20(3)13-21(4)15-25)28(17-31(5,6)30(37)38)36(27)18-22-7-10-24(11-8-22)32(33,34)35/h7-16,19H,17-18H2,1-6H3,(H,37,38). The molecule has 0 aliphatic rings. The molecular weight excluding hydrogens is 519 g/mol. The van der Waals surface area contributed by atoms with E-state index in [4.69, 9.17) is 0 Å². The molecule has 0 spiro atoms. The topological polar surface area (TPSA) is 42.2 Å². The van der Waals surface area contributed by atoms with Crippen LogP contribution in [0.5, 0.6) is 0 Å². The Morgan fingerprint density at radius 2 is 1.56 bits per heavy atom. The van der Waals surface area contributed by atoms with Gasteiger partial charge >= 0.3 is 12.1 Å². The molecule has 0 saturated heterocycles. The highest BCUT2D eigenvalue weighted by molar-refractivity contribution is 7.99. The van der Waals surface area contributed by atoms with Crippen molar-refractivity contribution in [3.8, 4) is 0 Å². The third kappa shape index (κ3) is 6.35. The number of hydrogen-bond acceptors (Lipinski definition) is 2. The molecule has 0 amide bonds. The number of aliphatic carboxylic acids is 1. The Hall–Kier alpha value is -3.19. The molecule has 1 aromatic heterocycles. The number of halogens is 3. The number of nitrogens with zero attached hydrogens (tertiary/aromatic N) is 1. The fourth-order valence-electron chi connectivity index (χ4n) is 4.81. The van der Waals surface area contributed by atoms with E-state index in [0.717, 1.165) is 49.6 Å². The first kappa shape index (κ1) is 28.8. The van der Waals surface area contributed by atoms with Crippen molar-refractivity contribution in [1.82, 2.24) is 4.57 Å². The van der Waals surface area contributed by atoms with Crippen molar-refractivity contribution < 1.29 is 23.1 Å². The van der Waals surface area contributed by atoms with E-state index in [1.165, 1.54) is 17.7 Å². The van der Waals surface area contributed by atoms with Gasteiger partial charge in [0.25, 0.3) is 0 Å². The number of hydrogen-bond donors (Lipinski definition) is 1. The van der Waals surface area contributed by atoms with Crippen LogP contribution < -0.4 is 0 Å². The summed E-state index contributed by atoms with van der Waals surface area (Å²) in [7, 11) is 0. The number of rotatable bonds is 8. The summed E-state index contributed by atoms with van der Waals surface area (Å²) in [5.41, 5.74) is 4.21. The van der Waals surface area contributed by atoms with Crippen LogP contribution in [0.3, 0.4) is 0 Å². The van der Waals surface area contributed by atoms with Gasteiger partial charge in [-0.05, 0) is 92.3 Å². The molecule has 0 saturated carbocycles. The summed E-state index contributed by atoms with van der Waals surface area (Å²) in [4.78, 5) is 14.3. The van der Waals surface area contributed by atoms with Gasteiger partial charge in [-0.2, -0.15) is 13.2 Å². The minimum atomic E-state index is -4.40. The maximum absolute atomic E-state index is 13.2. The SMILES string of the molecule is Cc1cc(C)cc(Sc2c(CC(C)(C)C(=O)O)n(Cc3ccc(C(F)(F)F)cc3)c3ccc(C(C)C)cc23)c1. The number of aromatic nitrogens is 1. The zero-order chi connectivity index (χ0) is 28.7. The molecule has 206 valence electrons. The minimum absolute atomic E-state index is 0.266. The number of carbonyl (C=O) groups is 1. The molecule has 39 heavy (non-hydrogen) atoms. The van der Waals surface area contributed by atoms with Crippen molar-refractivity contribution in [3.05, 3.63) is 94.2 Å². The molecule has 3 nitrogen and oxygen atoms in total.